The van der Waals surface area contributed by atoms with Crippen molar-refractivity contribution in [1.29, 1.82) is 5.26 Å². The summed E-state index contributed by atoms with van der Waals surface area (Å²) in [5.41, 5.74) is 1.34. The Kier molecular flexibility index (Phi) is 7.46. The summed E-state index contributed by atoms with van der Waals surface area (Å²) >= 11 is 6.25. The maximum atomic E-state index is 13.6. The van der Waals surface area contributed by atoms with Crippen molar-refractivity contribution in [3.63, 3.8) is 0 Å². The van der Waals surface area contributed by atoms with Crippen LogP contribution in [0.1, 0.15) is 35.2 Å². The van der Waals surface area contributed by atoms with E-state index in [1.165, 1.54) is 0 Å². The lowest BCUT2D eigenvalue weighted by atomic mass is 9.73. The van der Waals surface area contributed by atoms with Crippen LogP contribution in [-0.4, -0.2) is 36.6 Å². The van der Waals surface area contributed by atoms with Gasteiger partial charge < -0.3 is 9.64 Å². The van der Waals surface area contributed by atoms with E-state index in [4.69, 9.17) is 21.6 Å². The van der Waals surface area contributed by atoms with Crippen molar-refractivity contribution in [3.05, 3.63) is 88.1 Å². The van der Waals surface area contributed by atoms with Gasteiger partial charge in [0, 0.05) is 16.0 Å². The Hall–Kier alpha value is -2.92. The predicted molar refractivity (Wildman–Crippen MR) is 129 cm³/mol. The van der Waals surface area contributed by atoms with Crippen molar-refractivity contribution < 1.29 is 17.9 Å². The van der Waals surface area contributed by atoms with E-state index in [1.54, 1.807) is 24.3 Å². The van der Waals surface area contributed by atoms with Crippen molar-refractivity contribution in [1.82, 2.24) is 9.88 Å². The summed E-state index contributed by atoms with van der Waals surface area (Å²) in [5, 5.41) is 9.64. The molecule has 0 spiro atoms. The molecule has 8 heteroatoms. The number of nitriles is 1. The number of likely N-dealkylation sites (tertiary alicyclic amines) is 1. The molecule has 0 bridgehead atoms. The fourth-order valence-electron chi connectivity index (χ4n) is 4.42. The second kappa shape index (κ2) is 10.4. The van der Waals surface area contributed by atoms with Crippen molar-refractivity contribution in [2.24, 2.45) is 0 Å². The molecule has 0 unspecified atom stereocenters. The molecule has 35 heavy (non-hydrogen) atoms. The summed E-state index contributed by atoms with van der Waals surface area (Å²) < 4.78 is 46.9. The number of alkyl halides is 3. The van der Waals surface area contributed by atoms with Gasteiger partial charge >= 0.3 is 6.18 Å². The first-order chi connectivity index (χ1) is 16.7. The quantitative estimate of drug-likeness (QED) is 0.390. The van der Waals surface area contributed by atoms with Crippen LogP contribution < -0.4 is 0 Å². The zero-order chi connectivity index (χ0) is 25.1. The van der Waals surface area contributed by atoms with Gasteiger partial charge in [0.25, 0.3) is 0 Å². The first kappa shape index (κ1) is 25.2. The van der Waals surface area contributed by atoms with Crippen molar-refractivity contribution in [2.75, 3.05) is 26.7 Å². The third kappa shape index (κ3) is 6.02. The number of halogens is 4. The molecule has 2 heterocycles. The molecule has 0 N–H and O–H groups in total. The van der Waals surface area contributed by atoms with Crippen molar-refractivity contribution >= 4 is 11.6 Å². The van der Waals surface area contributed by atoms with E-state index in [0.717, 1.165) is 43.6 Å². The summed E-state index contributed by atoms with van der Waals surface area (Å²) in [6.45, 7) is 2.08. The molecule has 182 valence electrons. The summed E-state index contributed by atoms with van der Waals surface area (Å²) in [7, 11) is 2.07. The normalized spacial score (nSPS) is 16.1. The molecule has 1 saturated heterocycles. The van der Waals surface area contributed by atoms with Crippen LogP contribution in [-0.2, 0) is 22.9 Å². The average Bonchev–Trinajstić information content (AvgIpc) is 2.85. The van der Waals surface area contributed by atoms with Gasteiger partial charge in [0.1, 0.15) is 0 Å². The molecule has 2 aromatic carbocycles. The van der Waals surface area contributed by atoms with Gasteiger partial charge in [-0.1, -0.05) is 35.9 Å². The molecule has 1 fully saturated rings. The second-order valence-electron chi connectivity index (χ2n) is 9.01. The highest BCUT2D eigenvalue weighted by Crippen LogP contribution is 2.37. The Bertz CT molecular complexity index is 1210. The number of benzene rings is 2. The second-order valence-corrected chi connectivity index (χ2v) is 9.44. The Morgan fingerprint density at radius 1 is 1.09 bits per heavy atom. The number of rotatable bonds is 6. The number of ether oxygens (including phenoxy) is 1. The van der Waals surface area contributed by atoms with E-state index < -0.39 is 11.7 Å². The van der Waals surface area contributed by atoms with Crippen LogP contribution in [0.15, 0.2) is 60.7 Å². The lowest BCUT2D eigenvalue weighted by molar-refractivity contribution is -0.137. The highest BCUT2D eigenvalue weighted by atomic mass is 35.5. The Morgan fingerprint density at radius 2 is 1.80 bits per heavy atom. The number of hydrogen-bond donors (Lipinski definition) is 0. The van der Waals surface area contributed by atoms with E-state index in [2.05, 4.69) is 16.9 Å². The number of pyridine rings is 1. The van der Waals surface area contributed by atoms with E-state index in [-0.39, 0.29) is 23.4 Å². The maximum Gasteiger partial charge on any atom is 0.416 e. The molecular formula is C27H25ClF3N3O. The number of piperidine rings is 1. The number of aromatic nitrogens is 1. The molecule has 3 aromatic rings. The third-order valence-corrected chi connectivity index (χ3v) is 6.76. The van der Waals surface area contributed by atoms with Gasteiger partial charge in [-0.05, 0) is 74.9 Å². The van der Waals surface area contributed by atoms with E-state index >= 15 is 0 Å². The molecular weight excluding hydrogens is 475 g/mol. The molecule has 4 rings (SSSR count). The summed E-state index contributed by atoms with van der Waals surface area (Å²) in [4.78, 5) is 6.69. The summed E-state index contributed by atoms with van der Waals surface area (Å²) in [6, 6.07) is 18.1. The van der Waals surface area contributed by atoms with Crippen LogP contribution in [0.2, 0.25) is 5.02 Å². The van der Waals surface area contributed by atoms with E-state index in [0.29, 0.717) is 22.8 Å². The fourth-order valence-corrected chi connectivity index (χ4v) is 4.61. The maximum absolute atomic E-state index is 13.6. The van der Waals surface area contributed by atoms with Gasteiger partial charge in [-0.15, -0.1) is 0 Å². The molecule has 1 aliphatic rings. The number of hydrogen-bond acceptors (Lipinski definition) is 4. The Morgan fingerprint density at radius 3 is 2.43 bits per heavy atom. The van der Waals surface area contributed by atoms with Gasteiger partial charge in [0.2, 0.25) is 0 Å². The standard InChI is InChI=1S/C27H25ClF3N3O/c1-34-11-9-26(10-12-34,21-3-2-4-23(28)13-21)18-35-17-24-14-22(27(29,30)31)15-25(33-24)20-7-5-19(16-32)6-8-20/h2-8,13-15H,9-12,17-18H2,1H3. The average molecular weight is 500 g/mol. The molecule has 0 amide bonds. The van der Waals surface area contributed by atoms with Gasteiger partial charge in [0.15, 0.2) is 0 Å². The first-order valence-electron chi connectivity index (χ1n) is 11.3. The molecule has 0 radical (unpaired) electrons. The molecule has 0 saturated carbocycles. The Labute approximate surface area is 207 Å². The van der Waals surface area contributed by atoms with Gasteiger partial charge in [0.05, 0.1) is 41.8 Å². The van der Waals surface area contributed by atoms with Crippen LogP contribution >= 0.6 is 11.6 Å². The number of nitrogens with zero attached hydrogens (tertiary/aromatic N) is 3. The first-order valence-corrected chi connectivity index (χ1v) is 11.7. The monoisotopic (exact) mass is 499 g/mol. The van der Waals surface area contributed by atoms with E-state index in [1.807, 2.05) is 30.3 Å². The lowest BCUT2D eigenvalue weighted by Crippen LogP contribution is -2.43. The molecule has 1 aromatic heterocycles. The fraction of sp³-hybridized carbons (Fsp3) is 0.333. The molecule has 1 aliphatic heterocycles. The molecule has 0 atom stereocenters. The van der Waals surface area contributed by atoms with Crippen LogP contribution in [0.4, 0.5) is 13.2 Å². The minimum Gasteiger partial charge on any atom is -0.374 e. The van der Waals surface area contributed by atoms with Crippen LogP contribution in [0.5, 0.6) is 0 Å². The van der Waals surface area contributed by atoms with Crippen LogP contribution in [0.25, 0.3) is 11.3 Å². The topological polar surface area (TPSA) is 49.1 Å². The lowest BCUT2D eigenvalue weighted by Gasteiger charge is -2.41. The summed E-state index contributed by atoms with van der Waals surface area (Å²) in [6.07, 6.45) is -2.80. The SMILES string of the molecule is CN1CCC(COCc2cc(C(F)(F)F)cc(-c3ccc(C#N)cc3)n2)(c2cccc(Cl)c2)CC1. The van der Waals surface area contributed by atoms with E-state index in [9.17, 15) is 13.2 Å². The molecule has 0 aliphatic carbocycles. The van der Waals surface area contributed by atoms with Crippen molar-refractivity contribution in [3.8, 4) is 17.3 Å². The Balaban J connectivity index is 1.58. The highest BCUT2D eigenvalue weighted by molar-refractivity contribution is 6.30. The summed E-state index contributed by atoms with van der Waals surface area (Å²) in [5.74, 6) is 0. The predicted octanol–water partition coefficient (Wildman–Crippen LogP) is 6.47. The van der Waals surface area contributed by atoms with Gasteiger partial charge in [-0.25, -0.2) is 0 Å². The smallest absolute Gasteiger partial charge is 0.374 e. The zero-order valence-corrected chi connectivity index (χ0v) is 20.0. The third-order valence-electron chi connectivity index (χ3n) is 6.52. The largest absolute Gasteiger partial charge is 0.416 e. The highest BCUT2D eigenvalue weighted by Gasteiger charge is 2.36. The zero-order valence-electron chi connectivity index (χ0n) is 19.3. The van der Waals surface area contributed by atoms with Crippen molar-refractivity contribution in [2.45, 2.75) is 31.0 Å². The van der Waals surface area contributed by atoms with Crippen LogP contribution in [0.3, 0.4) is 0 Å². The van der Waals surface area contributed by atoms with Crippen LogP contribution in [0, 0.1) is 11.3 Å². The minimum atomic E-state index is -4.52. The molecule has 4 nitrogen and oxygen atoms in total. The van der Waals surface area contributed by atoms with Gasteiger partial charge in [-0.2, -0.15) is 18.4 Å². The minimum absolute atomic E-state index is 0.0502. The van der Waals surface area contributed by atoms with Gasteiger partial charge in [-0.3, -0.25) is 4.98 Å².